The van der Waals surface area contributed by atoms with Gasteiger partial charge in [0.15, 0.2) is 0 Å². The van der Waals surface area contributed by atoms with Gasteiger partial charge in [-0.15, -0.1) is 0 Å². The third-order valence-corrected chi connectivity index (χ3v) is 4.41. The molecule has 0 aromatic rings. The van der Waals surface area contributed by atoms with Crippen LogP contribution >= 0.6 is 0 Å². The number of nitrogens with one attached hydrogen (secondary N) is 1. The fourth-order valence-corrected chi connectivity index (χ4v) is 2.75. The molecule has 2 rings (SSSR count). The van der Waals surface area contributed by atoms with Crippen LogP contribution in [0.1, 0.15) is 39.5 Å². The van der Waals surface area contributed by atoms with Gasteiger partial charge in [-0.05, 0) is 50.7 Å². The van der Waals surface area contributed by atoms with Crippen LogP contribution in [0.15, 0.2) is 0 Å². The molecule has 0 bridgehead atoms. The quantitative estimate of drug-likeness (QED) is 0.764. The molecule has 0 amide bonds. The van der Waals surface area contributed by atoms with Crippen molar-refractivity contribution < 1.29 is 0 Å². The maximum Gasteiger partial charge on any atom is 0.0217 e. The smallest absolute Gasteiger partial charge is 0.0217 e. The van der Waals surface area contributed by atoms with Crippen LogP contribution in [0, 0.1) is 11.3 Å². The van der Waals surface area contributed by atoms with Crippen molar-refractivity contribution in [2.75, 3.05) is 26.7 Å². The maximum atomic E-state index is 3.66. The molecule has 15 heavy (non-hydrogen) atoms. The van der Waals surface area contributed by atoms with Crippen molar-refractivity contribution in [1.29, 1.82) is 0 Å². The van der Waals surface area contributed by atoms with E-state index in [2.05, 4.69) is 31.1 Å². The summed E-state index contributed by atoms with van der Waals surface area (Å²) in [5.74, 6) is 0.936. The number of likely N-dealkylation sites (N-methyl/N-ethyl adjacent to an activating group) is 1. The van der Waals surface area contributed by atoms with Crippen LogP contribution in [0.2, 0.25) is 0 Å². The Labute approximate surface area is 94.4 Å². The first kappa shape index (κ1) is 11.4. The predicted molar refractivity (Wildman–Crippen MR) is 65.0 cm³/mol. The lowest BCUT2D eigenvalue weighted by Gasteiger charge is -2.32. The molecule has 1 heterocycles. The summed E-state index contributed by atoms with van der Waals surface area (Å²) in [6.45, 7) is 8.49. The van der Waals surface area contributed by atoms with Gasteiger partial charge in [0, 0.05) is 12.6 Å². The molecule has 1 aliphatic heterocycles. The second-order valence-corrected chi connectivity index (χ2v) is 6.18. The van der Waals surface area contributed by atoms with Crippen molar-refractivity contribution >= 4 is 0 Å². The Kier molecular flexibility index (Phi) is 3.36. The molecule has 2 atom stereocenters. The first-order valence-corrected chi connectivity index (χ1v) is 6.50. The molecule has 1 N–H and O–H groups in total. The zero-order valence-corrected chi connectivity index (χ0v) is 10.6. The minimum atomic E-state index is 0.630. The molecule has 2 fully saturated rings. The Bertz CT molecular complexity index is 213. The van der Waals surface area contributed by atoms with E-state index < -0.39 is 0 Å². The van der Waals surface area contributed by atoms with Crippen molar-refractivity contribution in [3.63, 3.8) is 0 Å². The Morgan fingerprint density at radius 1 is 1.27 bits per heavy atom. The Hall–Kier alpha value is -0.0800. The predicted octanol–water partition coefficient (Wildman–Crippen LogP) is 2.11. The van der Waals surface area contributed by atoms with Gasteiger partial charge in [-0.2, -0.15) is 0 Å². The first-order valence-electron chi connectivity index (χ1n) is 6.50. The molecular weight excluding hydrogens is 184 g/mol. The maximum absolute atomic E-state index is 3.66. The second-order valence-electron chi connectivity index (χ2n) is 6.18. The number of rotatable bonds is 4. The summed E-state index contributed by atoms with van der Waals surface area (Å²) in [5, 5.41) is 3.66. The minimum Gasteiger partial charge on any atom is -0.315 e. The number of nitrogens with zero attached hydrogens (tertiary/aromatic N) is 1. The lowest BCUT2D eigenvalue weighted by molar-refractivity contribution is 0.181. The average molecular weight is 210 g/mol. The highest BCUT2D eigenvalue weighted by atomic mass is 15.2. The van der Waals surface area contributed by atoms with Crippen LogP contribution in [0.25, 0.3) is 0 Å². The van der Waals surface area contributed by atoms with Crippen LogP contribution in [-0.4, -0.2) is 37.6 Å². The van der Waals surface area contributed by atoms with Gasteiger partial charge < -0.3 is 10.2 Å². The molecule has 0 radical (unpaired) electrons. The van der Waals surface area contributed by atoms with Crippen molar-refractivity contribution in [2.45, 2.75) is 45.6 Å². The Morgan fingerprint density at radius 2 is 2.00 bits per heavy atom. The standard InChI is InChI=1S/C13H26N2/c1-13(2)8-11(13)9-14-10-12-6-4-5-7-15(12)3/h11-12,14H,4-10H2,1-3H3. The van der Waals surface area contributed by atoms with Crippen molar-refractivity contribution in [3.8, 4) is 0 Å². The Balaban J connectivity index is 1.61. The summed E-state index contributed by atoms with van der Waals surface area (Å²) in [7, 11) is 2.27. The second kappa shape index (κ2) is 4.42. The van der Waals surface area contributed by atoms with Crippen LogP contribution < -0.4 is 5.32 Å². The van der Waals surface area contributed by atoms with Gasteiger partial charge >= 0.3 is 0 Å². The third kappa shape index (κ3) is 2.94. The summed E-state index contributed by atoms with van der Waals surface area (Å²) in [6, 6.07) is 0.792. The highest BCUT2D eigenvalue weighted by molar-refractivity contribution is 4.96. The summed E-state index contributed by atoms with van der Waals surface area (Å²) < 4.78 is 0. The monoisotopic (exact) mass is 210 g/mol. The molecule has 2 unspecified atom stereocenters. The lowest BCUT2D eigenvalue weighted by Crippen LogP contribution is -2.43. The zero-order chi connectivity index (χ0) is 10.9. The fraction of sp³-hybridized carbons (Fsp3) is 1.00. The van der Waals surface area contributed by atoms with E-state index >= 15 is 0 Å². The summed E-state index contributed by atoms with van der Waals surface area (Å²) >= 11 is 0. The molecule has 88 valence electrons. The zero-order valence-electron chi connectivity index (χ0n) is 10.6. The largest absolute Gasteiger partial charge is 0.315 e. The molecular formula is C13H26N2. The molecule has 1 saturated heterocycles. The van der Waals surface area contributed by atoms with Crippen molar-refractivity contribution in [2.24, 2.45) is 11.3 Å². The number of piperidine rings is 1. The van der Waals surface area contributed by atoms with Crippen molar-refractivity contribution in [1.82, 2.24) is 10.2 Å². The van der Waals surface area contributed by atoms with Gasteiger partial charge in [0.05, 0.1) is 0 Å². The van der Waals surface area contributed by atoms with E-state index in [1.165, 1.54) is 45.3 Å². The summed E-state index contributed by atoms with van der Waals surface area (Å²) in [6.07, 6.45) is 5.62. The summed E-state index contributed by atoms with van der Waals surface area (Å²) in [4.78, 5) is 2.52. The van der Waals surface area contributed by atoms with Gasteiger partial charge in [0.2, 0.25) is 0 Å². The molecule has 0 aromatic heterocycles. The number of hydrogen-bond donors (Lipinski definition) is 1. The van der Waals surface area contributed by atoms with E-state index in [1.807, 2.05) is 0 Å². The first-order chi connectivity index (χ1) is 7.09. The molecule has 0 aromatic carbocycles. The van der Waals surface area contributed by atoms with E-state index in [-0.39, 0.29) is 0 Å². The van der Waals surface area contributed by atoms with Gasteiger partial charge in [0.25, 0.3) is 0 Å². The fourth-order valence-electron chi connectivity index (χ4n) is 2.75. The summed E-state index contributed by atoms with van der Waals surface area (Å²) in [5.41, 5.74) is 0.630. The van der Waals surface area contributed by atoms with Gasteiger partial charge in [-0.3, -0.25) is 0 Å². The SMILES string of the molecule is CN1CCCCC1CNCC1CC1(C)C. The lowest BCUT2D eigenvalue weighted by atomic mass is 10.0. The van der Waals surface area contributed by atoms with Gasteiger partial charge in [-0.1, -0.05) is 20.3 Å². The van der Waals surface area contributed by atoms with E-state index in [9.17, 15) is 0 Å². The molecule has 1 saturated carbocycles. The molecule has 2 heteroatoms. The normalized spacial score (nSPS) is 35.4. The van der Waals surface area contributed by atoms with Crippen LogP contribution in [-0.2, 0) is 0 Å². The van der Waals surface area contributed by atoms with E-state index in [0.717, 1.165) is 12.0 Å². The highest BCUT2D eigenvalue weighted by Gasteiger charge is 2.44. The van der Waals surface area contributed by atoms with Crippen LogP contribution in [0.3, 0.4) is 0 Å². The third-order valence-electron chi connectivity index (χ3n) is 4.41. The molecule has 0 spiro atoms. The van der Waals surface area contributed by atoms with Crippen molar-refractivity contribution in [3.05, 3.63) is 0 Å². The molecule has 2 nitrogen and oxygen atoms in total. The average Bonchev–Trinajstić information content (AvgIpc) is 2.78. The number of hydrogen-bond acceptors (Lipinski definition) is 2. The Morgan fingerprint density at radius 3 is 2.60 bits per heavy atom. The van der Waals surface area contributed by atoms with Gasteiger partial charge in [-0.25, -0.2) is 0 Å². The van der Waals surface area contributed by atoms with Crippen LogP contribution in [0.4, 0.5) is 0 Å². The van der Waals surface area contributed by atoms with E-state index in [1.54, 1.807) is 0 Å². The topological polar surface area (TPSA) is 15.3 Å². The molecule has 2 aliphatic rings. The number of likely N-dealkylation sites (tertiary alicyclic amines) is 1. The van der Waals surface area contributed by atoms with E-state index in [0.29, 0.717) is 5.41 Å². The minimum absolute atomic E-state index is 0.630. The molecule has 1 aliphatic carbocycles. The van der Waals surface area contributed by atoms with Crippen LogP contribution in [0.5, 0.6) is 0 Å². The highest BCUT2D eigenvalue weighted by Crippen LogP contribution is 2.50. The van der Waals surface area contributed by atoms with Gasteiger partial charge in [0.1, 0.15) is 0 Å². The van der Waals surface area contributed by atoms with E-state index in [4.69, 9.17) is 0 Å².